The largest absolute Gasteiger partial charge is 0.373 e. The summed E-state index contributed by atoms with van der Waals surface area (Å²) in [6.45, 7) is 7.43. The number of hydrogen-bond acceptors (Lipinski definition) is 3. The van der Waals surface area contributed by atoms with E-state index in [9.17, 15) is 0 Å². The van der Waals surface area contributed by atoms with Crippen LogP contribution >= 0.6 is 0 Å². The van der Waals surface area contributed by atoms with Crippen molar-refractivity contribution in [3.63, 3.8) is 0 Å². The van der Waals surface area contributed by atoms with Gasteiger partial charge in [-0.1, -0.05) is 13.8 Å². The van der Waals surface area contributed by atoms with Gasteiger partial charge < -0.3 is 10.5 Å². The minimum Gasteiger partial charge on any atom is -0.373 e. The molecular weight excluding hydrogens is 238 g/mol. The van der Waals surface area contributed by atoms with E-state index in [0.717, 1.165) is 18.4 Å². The molecule has 2 rings (SSSR count). The maximum atomic E-state index is 6.51. The molecule has 0 spiro atoms. The molecule has 1 aromatic rings. The summed E-state index contributed by atoms with van der Waals surface area (Å²) >= 11 is 0. The van der Waals surface area contributed by atoms with Gasteiger partial charge in [-0.05, 0) is 38.0 Å². The summed E-state index contributed by atoms with van der Waals surface area (Å²) < 4.78 is 7.93. The molecule has 108 valence electrons. The lowest BCUT2D eigenvalue weighted by Gasteiger charge is -2.46. The molecule has 0 bridgehead atoms. The fourth-order valence-electron chi connectivity index (χ4n) is 3.09. The van der Waals surface area contributed by atoms with Gasteiger partial charge >= 0.3 is 0 Å². The van der Waals surface area contributed by atoms with Crippen LogP contribution in [0.2, 0.25) is 0 Å². The van der Waals surface area contributed by atoms with Gasteiger partial charge in [0.05, 0.1) is 17.8 Å². The average Bonchev–Trinajstić information content (AvgIpc) is 2.78. The van der Waals surface area contributed by atoms with Crippen LogP contribution in [0, 0.1) is 5.41 Å². The highest BCUT2D eigenvalue weighted by Gasteiger charge is 2.44. The monoisotopic (exact) mass is 265 g/mol. The minimum absolute atomic E-state index is 0.0859. The lowest BCUT2D eigenvalue weighted by molar-refractivity contribution is -0.100. The minimum atomic E-state index is -0.215. The Hall–Kier alpha value is -0.870. The summed E-state index contributed by atoms with van der Waals surface area (Å²) in [7, 11) is 1.92. The highest BCUT2D eigenvalue weighted by atomic mass is 16.5. The van der Waals surface area contributed by atoms with Crippen molar-refractivity contribution in [3.05, 3.63) is 18.0 Å². The SMILES string of the molecule is CCOC1(C(N)c2cnn(C)c2)CCC(C)(C)CC1. The first kappa shape index (κ1) is 14.5. The molecule has 1 fully saturated rings. The van der Waals surface area contributed by atoms with Crippen LogP contribution in [-0.4, -0.2) is 22.0 Å². The van der Waals surface area contributed by atoms with E-state index in [2.05, 4.69) is 25.9 Å². The molecule has 1 atom stereocenters. The molecule has 1 aliphatic rings. The predicted octanol–water partition coefficient (Wildman–Crippen LogP) is 2.80. The van der Waals surface area contributed by atoms with Crippen molar-refractivity contribution in [1.29, 1.82) is 0 Å². The summed E-state index contributed by atoms with van der Waals surface area (Å²) in [4.78, 5) is 0. The standard InChI is InChI=1S/C15H27N3O/c1-5-19-15(8-6-14(2,3)7-9-15)13(16)12-10-17-18(4)11-12/h10-11,13H,5-9,16H2,1-4H3. The van der Waals surface area contributed by atoms with Crippen LogP contribution in [-0.2, 0) is 11.8 Å². The Kier molecular flexibility index (Phi) is 4.02. The van der Waals surface area contributed by atoms with E-state index in [-0.39, 0.29) is 11.6 Å². The first-order valence-electron chi connectivity index (χ1n) is 7.27. The quantitative estimate of drug-likeness (QED) is 0.910. The van der Waals surface area contributed by atoms with Crippen molar-refractivity contribution in [1.82, 2.24) is 9.78 Å². The van der Waals surface area contributed by atoms with Crippen LogP contribution in [0.4, 0.5) is 0 Å². The van der Waals surface area contributed by atoms with Crippen molar-refractivity contribution >= 4 is 0 Å². The zero-order valence-electron chi connectivity index (χ0n) is 12.6. The third-order valence-electron chi connectivity index (χ3n) is 4.53. The number of ether oxygens (including phenoxy) is 1. The molecule has 0 aliphatic heterocycles. The molecule has 0 amide bonds. The number of rotatable bonds is 4. The third-order valence-corrected chi connectivity index (χ3v) is 4.53. The molecule has 1 saturated carbocycles. The molecule has 1 aliphatic carbocycles. The maximum absolute atomic E-state index is 6.51. The van der Waals surface area contributed by atoms with Gasteiger partial charge in [0.1, 0.15) is 0 Å². The highest BCUT2D eigenvalue weighted by molar-refractivity contribution is 5.16. The van der Waals surface area contributed by atoms with Crippen molar-refractivity contribution in [3.8, 4) is 0 Å². The van der Waals surface area contributed by atoms with E-state index >= 15 is 0 Å². The Labute approximate surface area is 116 Å². The zero-order valence-corrected chi connectivity index (χ0v) is 12.6. The Balaban J connectivity index is 2.20. The molecule has 1 heterocycles. The van der Waals surface area contributed by atoms with Gasteiger partial charge in [0, 0.05) is 25.4 Å². The molecule has 0 saturated heterocycles. The van der Waals surface area contributed by atoms with Gasteiger partial charge in [0.25, 0.3) is 0 Å². The van der Waals surface area contributed by atoms with E-state index < -0.39 is 0 Å². The molecular formula is C15H27N3O. The van der Waals surface area contributed by atoms with Crippen LogP contribution in [0.1, 0.15) is 58.1 Å². The van der Waals surface area contributed by atoms with Gasteiger partial charge in [-0.15, -0.1) is 0 Å². The van der Waals surface area contributed by atoms with Gasteiger partial charge in [-0.2, -0.15) is 5.10 Å². The zero-order chi connectivity index (χ0) is 14.1. The van der Waals surface area contributed by atoms with Crippen LogP contribution in [0.25, 0.3) is 0 Å². The Morgan fingerprint density at radius 3 is 2.47 bits per heavy atom. The fraction of sp³-hybridized carbons (Fsp3) is 0.800. The van der Waals surface area contributed by atoms with Crippen molar-refractivity contribution < 1.29 is 4.74 Å². The first-order valence-corrected chi connectivity index (χ1v) is 7.27. The molecule has 1 aromatic heterocycles. The first-order chi connectivity index (χ1) is 8.88. The number of nitrogens with zero attached hydrogens (tertiary/aromatic N) is 2. The number of aryl methyl sites for hydroxylation is 1. The van der Waals surface area contributed by atoms with Crippen molar-refractivity contribution in [2.45, 2.75) is 58.1 Å². The topological polar surface area (TPSA) is 53.1 Å². The van der Waals surface area contributed by atoms with Crippen LogP contribution < -0.4 is 5.73 Å². The Bertz CT molecular complexity index is 415. The fourth-order valence-corrected chi connectivity index (χ4v) is 3.09. The summed E-state index contributed by atoms with van der Waals surface area (Å²) in [5, 5.41) is 4.23. The number of aromatic nitrogens is 2. The van der Waals surface area contributed by atoms with Crippen LogP contribution in [0.15, 0.2) is 12.4 Å². The number of nitrogens with two attached hydrogens (primary N) is 1. The second-order valence-electron chi connectivity index (χ2n) is 6.59. The summed E-state index contributed by atoms with van der Waals surface area (Å²) in [6, 6.07) is -0.0859. The van der Waals surface area contributed by atoms with E-state index in [1.165, 1.54) is 12.8 Å². The molecule has 0 radical (unpaired) electrons. The Morgan fingerprint density at radius 2 is 2.00 bits per heavy atom. The van der Waals surface area contributed by atoms with Crippen LogP contribution in [0.3, 0.4) is 0 Å². The molecule has 4 heteroatoms. The van der Waals surface area contributed by atoms with E-state index in [4.69, 9.17) is 10.5 Å². The van der Waals surface area contributed by atoms with Crippen molar-refractivity contribution in [2.24, 2.45) is 18.2 Å². The van der Waals surface area contributed by atoms with E-state index in [0.29, 0.717) is 12.0 Å². The lowest BCUT2D eigenvalue weighted by atomic mass is 9.68. The predicted molar refractivity (Wildman–Crippen MR) is 76.7 cm³/mol. The lowest BCUT2D eigenvalue weighted by Crippen LogP contribution is -2.47. The second kappa shape index (κ2) is 5.25. The molecule has 4 nitrogen and oxygen atoms in total. The summed E-state index contributed by atoms with van der Waals surface area (Å²) in [5.74, 6) is 0. The second-order valence-corrected chi connectivity index (χ2v) is 6.59. The Morgan fingerprint density at radius 1 is 1.37 bits per heavy atom. The third kappa shape index (κ3) is 3.00. The van der Waals surface area contributed by atoms with Gasteiger partial charge in [0.2, 0.25) is 0 Å². The molecule has 1 unspecified atom stereocenters. The molecule has 0 aromatic carbocycles. The van der Waals surface area contributed by atoms with E-state index in [1.807, 2.05) is 24.1 Å². The van der Waals surface area contributed by atoms with Gasteiger partial charge in [-0.3, -0.25) is 4.68 Å². The van der Waals surface area contributed by atoms with Crippen LogP contribution in [0.5, 0.6) is 0 Å². The summed E-state index contributed by atoms with van der Waals surface area (Å²) in [6.07, 6.45) is 8.27. The van der Waals surface area contributed by atoms with Gasteiger partial charge in [-0.25, -0.2) is 0 Å². The molecule has 19 heavy (non-hydrogen) atoms. The van der Waals surface area contributed by atoms with Gasteiger partial charge in [0.15, 0.2) is 0 Å². The van der Waals surface area contributed by atoms with E-state index in [1.54, 1.807) is 0 Å². The average molecular weight is 265 g/mol. The summed E-state index contributed by atoms with van der Waals surface area (Å²) in [5.41, 5.74) is 7.79. The highest BCUT2D eigenvalue weighted by Crippen LogP contribution is 2.46. The maximum Gasteiger partial charge on any atom is 0.0875 e. The molecule has 2 N–H and O–H groups in total. The number of hydrogen-bond donors (Lipinski definition) is 1. The van der Waals surface area contributed by atoms with Crippen molar-refractivity contribution in [2.75, 3.05) is 6.61 Å². The normalized spacial score (nSPS) is 23.2. The smallest absolute Gasteiger partial charge is 0.0875 e.